The Morgan fingerprint density at radius 3 is 2.38 bits per heavy atom. The summed E-state index contributed by atoms with van der Waals surface area (Å²) in [7, 11) is 0. The number of anilines is 1. The summed E-state index contributed by atoms with van der Waals surface area (Å²) < 4.78 is 5.19. The lowest BCUT2D eigenvalue weighted by atomic mass is 9.99. The van der Waals surface area contributed by atoms with Gasteiger partial charge in [0.2, 0.25) is 0 Å². The second-order valence-electron chi connectivity index (χ2n) is 6.62. The highest BCUT2D eigenvalue weighted by Gasteiger charge is 2.24. The van der Waals surface area contributed by atoms with Gasteiger partial charge in [-0.1, -0.05) is 26.0 Å². The third-order valence-corrected chi connectivity index (χ3v) is 5.29. The minimum Gasteiger partial charge on any atom is -0.459 e. The second-order valence-corrected chi connectivity index (χ2v) is 7.00. The molecule has 0 unspecified atom stereocenters. The monoisotopic (exact) mass is 371 g/mol. The molecule has 1 aliphatic heterocycles. The van der Waals surface area contributed by atoms with Crippen LogP contribution in [0.5, 0.6) is 0 Å². The number of nitrogens with zero attached hydrogens (tertiary/aromatic N) is 2. The van der Waals surface area contributed by atoms with Crippen LogP contribution in [0.4, 0.5) is 5.69 Å². The number of carbonyl (C=O) groups is 1. The highest BCUT2D eigenvalue weighted by atomic mass is 32.1. The van der Waals surface area contributed by atoms with Crippen molar-refractivity contribution in [2.75, 3.05) is 31.5 Å². The quantitative estimate of drug-likeness (QED) is 0.825. The number of amides is 1. The first-order valence-corrected chi connectivity index (χ1v) is 9.48. The standard InChI is InChI=1S/C20H25N3O2S/c1-3-15(2)16-6-8-17(9-7-16)21-20(26)23-12-10-22(11-13-23)19(24)18-5-4-14-25-18/h4-9,14-15H,3,10-13H2,1-2H3,(H,21,26)/t15-/m0/s1. The van der Waals surface area contributed by atoms with E-state index in [-0.39, 0.29) is 5.91 Å². The van der Waals surface area contributed by atoms with Gasteiger partial charge >= 0.3 is 0 Å². The fraction of sp³-hybridized carbons (Fsp3) is 0.400. The predicted molar refractivity (Wildman–Crippen MR) is 108 cm³/mol. The predicted octanol–water partition coefficient (Wildman–Crippen LogP) is 3.95. The highest BCUT2D eigenvalue weighted by molar-refractivity contribution is 7.80. The lowest BCUT2D eigenvalue weighted by Gasteiger charge is -2.35. The van der Waals surface area contributed by atoms with E-state index in [4.69, 9.17) is 16.6 Å². The number of furan rings is 1. The Hall–Kier alpha value is -2.34. The maximum atomic E-state index is 12.3. The van der Waals surface area contributed by atoms with Crippen molar-refractivity contribution < 1.29 is 9.21 Å². The van der Waals surface area contributed by atoms with E-state index in [1.807, 2.05) is 0 Å². The summed E-state index contributed by atoms with van der Waals surface area (Å²) >= 11 is 5.54. The maximum Gasteiger partial charge on any atom is 0.289 e. The van der Waals surface area contributed by atoms with E-state index in [9.17, 15) is 4.79 Å². The van der Waals surface area contributed by atoms with Crippen LogP contribution in [0.3, 0.4) is 0 Å². The molecule has 138 valence electrons. The number of thiocarbonyl (C=S) groups is 1. The molecule has 1 fully saturated rings. The van der Waals surface area contributed by atoms with Crippen LogP contribution in [-0.4, -0.2) is 47.0 Å². The van der Waals surface area contributed by atoms with Gasteiger partial charge in [-0.05, 0) is 54.4 Å². The number of piperazine rings is 1. The summed E-state index contributed by atoms with van der Waals surface area (Å²) in [6.45, 7) is 7.12. The first-order chi connectivity index (χ1) is 12.6. The van der Waals surface area contributed by atoms with Gasteiger partial charge < -0.3 is 19.5 Å². The molecular formula is C20H25N3O2S. The second kappa shape index (κ2) is 8.36. The molecule has 1 aromatic heterocycles. The maximum absolute atomic E-state index is 12.3. The van der Waals surface area contributed by atoms with Gasteiger partial charge in [0.1, 0.15) is 0 Å². The molecule has 0 radical (unpaired) electrons. The van der Waals surface area contributed by atoms with Gasteiger partial charge in [0, 0.05) is 31.9 Å². The fourth-order valence-corrected chi connectivity index (χ4v) is 3.30. The van der Waals surface area contributed by atoms with E-state index < -0.39 is 0 Å². The molecule has 2 aromatic rings. The van der Waals surface area contributed by atoms with E-state index in [1.165, 1.54) is 11.8 Å². The number of rotatable bonds is 4. The molecule has 0 saturated carbocycles. The largest absolute Gasteiger partial charge is 0.459 e. The van der Waals surface area contributed by atoms with Gasteiger partial charge in [-0.25, -0.2) is 0 Å². The van der Waals surface area contributed by atoms with Crippen LogP contribution in [-0.2, 0) is 0 Å². The van der Waals surface area contributed by atoms with Gasteiger partial charge in [0.25, 0.3) is 5.91 Å². The van der Waals surface area contributed by atoms with Crippen LogP contribution in [0.25, 0.3) is 0 Å². The first kappa shape index (κ1) is 18.5. The number of hydrogen-bond donors (Lipinski definition) is 1. The molecule has 1 aliphatic rings. The third kappa shape index (κ3) is 4.25. The van der Waals surface area contributed by atoms with E-state index in [0.29, 0.717) is 43.0 Å². The Labute approximate surface area is 160 Å². The summed E-state index contributed by atoms with van der Waals surface area (Å²) in [4.78, 5) is 16.2. The summed E-state index contributed by atoms with van der Waals surface area (Å²) in [5.74, 6) is 0.894. The molecule has 0 aliphatic carbocycles. The van der Waals surface area contributed by atoms with Crippen LogP contribution >= 0.6 is 12.2 Å². The van der Waals surface area contributed by atoms with Gasteiger partial charge in [-0.3, -0.25) is 4.79 Å². The van der Waals surface area contributed by atoms with Crippen molar-refractivity contribution in [2.45, 2.75) is 26.2 Å². The number of carbonyl (C=O) groups excluding carboxylic acids is 1. The van der Waals surface area contributed by atoms with Gasteiger partial charge in [-0.15, -0.1) is 0 Å². The fourth-order valence-electron chi connectivity index (χ4n) is 3.00. The zero-order valence-corrected chi connectivity index (χ0v) is 16.1. The molecule has 1 amide bonds. The molecule has 1 atom stereocenters. The molecule has 26 heavy (non-hydrogen) atoms. The van der Waals surface area contributed by atoms with Crippen molar-refractivity contribution in [1.29, 1.82) is 0 Å². The Morgan fingerprint density at radius 2 is 1.81 bits per heavy atom. The van der Waals surface area contributed by atoms with Crippen LogP contribution in [0.1, 0.15) is 42.3 Å². The number of hydrogen-bond acceptors (Lipinski definition) is 3. The Kier molecular flexibility index (Phi) is 5.93. The molecule has 1 N–H and O–H groups in total. The van der Waals surface area contributed by atoms with E-state index in [2.05, 4.69) is 48.3 Å². The minimum absolute atomic E-state index is 0.0610. The molecule has 0 bridgehead atoms. The van der Waals surface area contributed by atoms with Crippen molar-refractivity contribution in [3.05, 3.63) is 54.0 Å². The molecule has 5 nitrogen and oxygen atoms in total. The van der Waals surface area contributed by atoms with Crippen LogP contribution in [0.2, 0.25) is 0 Å². The highest BCUT2D eigenvalue weighted by Crippen LogP contribution is 2.21. The Balaban J connectivity index is 1.51. The van der Waals surface area contributed by atoms with Gasteiger partial charge in [0.15, 0.2) is 10.9 Å². The molecular weight excluding hydrogens is 346 g/mol. The van der Waals surface area contributed by atoms with Crippen molar-refractivity contribution in [3.63, 3.8) is 0 Å². The van der Waals surface area contributed by atoms with E-state index in [1.54, 1.807) is 17.0 Å². The van der Waals surface area contributed by atoms with Crippen molar-refractivity contribution in [2.24, 2.45) is 0 Å². The van der Waals surface area contributed by atoms with Gasteiger partial charge in [-0.2, -0.15) is 0 Å². The summed E-state index contributed by atoms with van der Waals surface area (Å²) in [5, 5.41) is 4.00. The summed E-state index contributed by atoms with van der Waals surface area (Å²) in [6.07, 6.45) is 2.65. The smallest absolute Gasteiger partial charge is 0.289 e. The van der Waals surface area contributed by atoms with Crippen LogP contribution in [0.15, 0.2) is 47.1 Å². The summed E-state index contributed by atoms with van der Waals surface area (Å²) in [6, 6.07) is 11.9. The summed E-state index contributed by atoms with van der Waals surface area (Å²) in [5.41, 5.74) is 2.34. The van der Waals surface area contributed by atoms with E-state index in [0.717, 1.165) is 12.1 Å². The first-order valence-electron chi connectivity index (χ1n) is 9.07. The average Bonchev–Trinajstić information content (AvgIpc) is 3.22. The third-order valence-electron chi connectivity index (χ3n) is 4.93. The molecule has 3 rings (SSSR count). The SMILES string of the molecule is CC[C@H](C)c1ccc(NC(=S)N2CCN(C(=O)c3ccco3)CC2)cc1. The van der Waals surface area contributed by atoms with Crippen molar-refractivity contribution in [3.8, 4) is 0 Å². The molecule has 6 heteroatoms. The molecule has 1 aromatic carbocycles. The molecule has 2 heterocycles. The lowest BCUT2D eigenvalue weighted by molar-refractivity contribution is 0.0661. The normalized spacial score (nSPS) is 15.6. The molecule has 0 spiro atoms. The Bertz CT molecular complexity index is 735. The lowest BCUT2D eigenvalue weighted by Crippen LogP contribution is -2.51. The average molecular weight is 372 g/mol. The van der Waals surface area contributed by atoms with Crippen molar-refractivity contribution >= 4 is 28.9 Å². The zero-order valence-electron chi connectivity index (χ0n) is 15.3. The zero-order chi connectivity index (χ0) is 18.5. The minimum atomic E-state index is -0.0610. The van der Waals surface area contributed by atoms with Crippen molar-refractivity contribution in [1.82, 2.24) is 9.80 Å². The number of benzene rings is 1. The van der Waals surface area contributed by atoms with E-state index >= 15 is 0 Å². The number of nitrogens with one attached hydrogen (secondary N) is 1. The van der Waals surface area contributed by atoms with Gasteiger partial charge in [0.05, 0.1) is 6.26 Å². The Morgan fingerprint density at radius 1 is 1.15 bits per heavy atom. The topological polar surface area (TPSA) is 48.7 Å². The van der Waals surface area contributed by atoms with Crippen LogP contribution in [0, 0.1) is 0 Å². The molecule has 1 saturated heterocycles. The van der Waals surface area contributed by atoms with Crippen LogP contribution < -0.4 is 5.32 Å².